The first-order chi connectivity index (χ1) is 15.1. The Labute approximate surface area is 177 Å². The van der Waals surface area contributed by atoms with E-state index in [1.165, 1.54) is 18.2 Å². The van der Waals surface area contributed by atoms with Gasteiger partial charge in [-0.15, -0.1) is 5.10 Å². The number of hydrogen-bond donors (Lipinski definition) is 2. The van der Waals surface area contributed by atoms with E-state index in [-0.39, 0.29) is 29.4 Å². The molecule has 8 nitrogen and oxygen atoms in total. The third kappa shape index (κ3) is 4.57. The van der Waals surface area contributed by atoms with Crippen molar-refractivity contribution in [2.45, 2.75) is 6.42 Å². The SMILES string of the molecule is O=C(c1cc(Oc2n[nH]c(=O)c3ccccc23)ccc1F)N1CCN(CCCO)CC1. The summed E-state index contributed by atoms with van der Waals surface area (Å²) >= 11 is 0. The molecule has 31 heavy (non-hydrogen) atoms. The smallest absolute Gasteiger partial charge is 0.272 e. The number of halogens is 1. The average molecular weight is 426 g/mol. The molecule has 0 spiro atoms. The summed E-state index contributed by atoms with van der Waals surface area (Å²) in [6.45, 7) is 3.24. The van der Waals surface area contributed by atoms with Gasteiger partial charge in [-0.25, -0.2) is 9.49 Å². The summed E-state index contributed by atoms with van der Waals surface area (Å²) in [5.41, 5.74) is -0.411. The predicted octanol–water partition coefficient (Wildman–Crippen LogP) is 1.99. The molecule has 0 unspecified atom stereocenters. The molecule has 2 heterocycles. The molecule has 0 atom stereocenters. The maximum absolute atomic E-state index is 14.5. The van der Waals surface area contributed by atoms with Gasteiger partial charge >= 0.3 is 0 Å². The number of aliphatic hydroxyl groups excluding tert-OH is 1. The van der Waals surface area contributed by atoms with Crippen LogP contribution in [0.2, 0.25) is 0 Å². The van der Waals surface area contributed by atoms with Gasteiger partial charge in [-0.3, -0.25) is 14.5 Å². The highest BCUT2D eigenvalue weighted by atomic mass is 19.1. The fourth-order valence-electron chi connectivity index (χ4n) is 3.65. The fraction of sp³-hybridized carbons (Fsp3) is 0.318. The number of amides is 1. The lowest BCUT2D eigenvalue weighted by molar-refractivity contribution is 0.0624. The van der Waals surface area contributed by atoms with Crippen molar-refractivity contribution in [1.29, 1.82) is 0 Å². The van der Waals surface area contributed by atoms with Gasteiger partial charge in [-0.1, -0.05) is 12.1 Å². The highest BCUT2D eigenvalue weighted by Crippen LogP contribution is 2.27. The van der Waals surface area contributed by atoms with E-state index in [9.17, 15) is 14.0 Å². The molecular weight excluding hydrogens is 403 g/mol. The summed E-state index contributed by atoms with van der Waals surface area (Å²) in [5, 5.41) is 16.2. The highest BCUT2D eigenvalue weighted by molar-refractivity contribution is 5.95. The number of hydrogen-bond acceptors (Lipinski definition) is 6. The van der Waals surface area contributed by atoms with E-state index in [4.69, 9.17) is 9.84 Å². The zero-order valence-electron chi connectivity index (χ0n) is 16.9. The first kappa shape index (κ1) is 21.0. The standard InChI is InChI=1S/C22H23FN4O4/c23-19-7-6-15(31-21-17-5-2-1-4-16(17)20(29)24-25-21)14-18(19)22(30)27-11-9-26(10-12-27)8-3-13-28/h1-2,4-7,14,28H,3,8-13H2,(H,24,29). The minimum atomic E-state index is -0.626. The molecule has 2 N–H and O–H groups in total. The Bertz CT molecular complexity index is 1140. The Hall–Kier alpha value is -3.30. The largest absolute Gasteiger partial charge is 0.437 e. The van der Waals surface area contributed by atoms with E-state index in [1.54, 1.807) is 29.2 Å². The van der Waals surface area contributed by atoms with Crippen molar-refractivity contribution in [3.63, 3.8) is 0 Å². The van der Waals surface area contributed by atoms with Crippen molar-refractivity contribution in [2.24, 2.45) is 0 Å². The second kappa shape index (κ2) is 9.23. The maximum atomic E-state index is 14.5. The molecule has 1 saturated heterocycles. The summed E-state index contributed by atoms with van der Waals surface area (Å²) in [6, 6.07) is 10.8. The van der Waals surface area contributed by atoms with Crippen LogP contribution in [0.4, 0.5) is 4.39 Å². The third-order valence-corrected chi connectivity index (χ3v) is 5.34. The fourth-order valence-corrected chi connectivity index (χ4v) is 3.65. The van der Waals surface area contributed by atoms with E-state index < -0.39 is 11.7 Å². The van der Waals surface area contributed by atoms with Crippen LogP contribution in [0.25, 0.3) is 10.8 Å². The van der Waals surface area contributed by atoms with Crippen LogP contribution >= 0.6 is 0 Å². The molecule has 0 radical (unpaired) electrons. The van der Waals surface area contributed by atoms with E-state index in [2.05, 4.69) is 15.1 Å². The van der Waals surface area contributed by atoms with Crippen LogP contribution in [0, 0.1) is 5.82 Å². The van der Waals surface area contributed by atoms with E-state index in [1.807, 2.05) is 0 Å². The second-order valence-electron chi connectivity index (χ2n) is 7.36. The van der Waals surface area contributed by atoms with Crippen molar-refractivity contribution in [3.05, 3.63) is 64.2 Å². The molecule has 0 saturated carbocycles. The number of aliphatic hydroxyl groups is 1. The molecule has 1 amide bonds. The zero-order chi connectivity index (χ0) is 21.8. The van der Waals surface area contributed by atoms with E-state index >= 15 is 0 Å². The first-order valence-corrected chi connectivity index (χ1v) is 10.1. The molecule has 1 aliphatic rings. The number of carbonyl (C=O) groups excluding carboxylic acids is 1. The maximum Gasteiger partial charge on any atom is 0.272 e. The van der Waals surface area contributed by atoms with E-state index in [0.29, 0.717) is 43.4 Å². The van der Waals surface area contributed by atoms with Gasteiger partial charge in [0.05, 0.1) is 16.3 Å². The van der Waals surface area contributed by atoms with Crippen molar-refractivity contribution in [2.75, 3.05) is 39.3 Å². The van der Waals surface area contributed by atoms with Gasteiger partial charge in [0.2, 0.25) is 5.88 Å². The second-order valence-corrected chi connectivity index (χ2v) is 7.36. The van der Waals surface area contributed by atoms with Gasteiger partial charge in [-0.05, 0) is 36.8 Å². The number of nitrogens with zero attached hydrogens (tertiary/aromatic N) is 3. The summed E-state index contributed by atoms with van der Waals surface area (Å²) in [7, 11) is 0. The summed E-state index contributed by atoms with van der Waals surface area (Å²) < 4.78 is 20.2. The predicted molar refractivity (Wildman–Crippen MR) is 113 cm³/mol. The molecule has 1 fully saturated rings. The molecule has 1 aliphatic heterocycles. The lowest BCUT2D eigenvalue weighted by atomic mass is 10.1. The molecule has 0 bridgehead atoms. The van der Waals surface area contributed by atoms with Gasteiger partial charge in [0.1, 0.15) is 11.6 Å². The minimum Gasteiger partial charge on any atom is -0.437 e. The number of benzene rings is 2. The van der Waals surface area contributed by atoms with Crippen molar-refractivity contribution in [1.82, 2.24) is 20.0 Å². The molecule has 3 aromatic rings. The average Bonchev–Trinajstić information content (AvgIpc) is 2.81. The van der Waals surface area contributed by atoms with Crippen LogP contribution in [0.1, 0.15) is 16.8 Å². The first-order valence-electron chi connectivity index (χ1n) is 10.1. The number of carbonyl (C=O) groups is 1. The van der Waals surface area contributed by atoms with Gasteiger partial charge < -0.3 is 14.7 Å². The van der Waals surface area contributed by atoms with Crippen LogP contribution in [0.5, 0.6) is 11.6 Å². The topological polar surface area (TPSA) is 98.8 Å². The minimum absolute atomic E-state index is 0.0740. The molecule has 162 valence electrons. The number of aromatic nitrogens is 2. The van der Waals surface area contributed by atoms with E-state index in [0.717, 1.165) is 6.54 Å². The number of nitrogens with one attached hydrogen (secondary N) is 1. The Balaban J connectivity index is 1.53. The summed E-state index contributed by atoms with van der Waals surface area (Å²) in [6.07, 6.45) is 0.690. The lowest BCUT2D eigenvalue weighted by Crippen LogP contribution is -2.49. The van der Waals surface area contributed by atoms with Gasteiger partial charge in [0, 0.05) is 39.3 Å². The molecule has 0 aliphatic carbocycles. The number of aromatic amines is 1. The van der Waals surface area contributed by atoms with Crippen LogP contribution in [0.3, 0.4) is 0 Å². The van der Waals surface area contributed by atoms with Crippen LogP contribution in [0.15, 0.2) is 47.3 Å². The number of H-pyrrole nitrogens is 1. The van der Waals surface area contributed by atoms with Crippen LogP contribution in [-0.4, -0.2) is 70.3 Å². The Morgan fingerprint density at radius 2 is 1.87 bits per heavy atom. The quantitative estimate of drug-likeness (QED) is 0.626. The number of ether oxygens (including phenoxy) is 1. The third-order valence-electron chi connectivity index (χ3n) is 5.34. The zero-order valence-corrected chi connectivity index (χ0v) is 16.9. The number of piperazine rings is 1. The molecule has 1 aromatic heterocycles. The number of fused-ring (bicyclic) bond motifs is 1. The van der Waals surface area contributed by atoms with Crippen molar-refractivity contribution < 1.29 is 19.0 Å². The van der Waals surface area contributed by atoms with Crippen LogP contribution in [-0.2, 0) is 0 Å². The monoisotopic (exact) mass is 426 g/mol. The van der Waals surface area contributed by atoms with Crippen molar-refractivity contribution >= 4 is 16.7 Å². The Morgan fingerprint density at radius 1 is 1.13 bits per heavy atom. The highest BCUT2D eigenvalue weighted by Gasteiger charge is 2.24. The van der Waals surface area contributed by atoms with Crippen LogP contribution < -0.4 is 10.3 Å². The molecule has 9 heteroatoms. The Morgan fingerprint density at radius 3 is 2.61 bits per heavy atom. The van der Waals surface area contributed by atoms with Gasteiger partial charge in [0.15, 0.2) is 0 Å². The summed E-state index contributed by atoms with van der Waals surface area (Å²) in [5.74, 6) is -0.614. The Kier molecular flexibility index (Phi) is 6.24. The molecule has 4 rings (SSSR count). The van der Waals surface area contributed by atoms with Crippen molar-refractivity contribution in [3.8, 4) is 11.6 Å². The van der Waals surface area contributed by atoms with Gasteiger partial charge in [-0.2, -0.15) is 0 Å². The molecular formula is C22H23FN4O4. The normalized spacial score (nSPS) is 14.7. The summed E-state index contributed by atoms with van der Waals surface area (Å²) in [4.78, 5) is 28.6. The number of rotatable bonds is 6. The lowest BCUT2D eigenvalue weighted by Gasteiger charge is -2.34. The molecule has 2 aromatic carbocycles. The van der Waals surface area contributed by atoms with Gasteiger partial charge in [0.25, 0.3) is 11.5 Å².